The molecule has 6 nitrogen and oxygen atoms in total. The van der Waals surface area contributed by atoms with Crippen molar-refractivity contribution < 1.29 is 4.52 Å². The van der Waals surface area contributed by atoms with E-state index in [1.54, 1.807) is 6.92 Å². The highest BCUT2D eigenvalue weighted by Gasteiger charge is 2.04. The van der Waals surface area contributed by atoms with Crippen LogP contribution >= 0.6 is 11.6 Å². The minimum Gasteiger partial charge on any atom is -0.357 e. The van der Waals surface area contributed by atoms with Crippen molar-refractivity contribution in [2.75, 3.05) is 13.1 Å². The van der Waals surface area contributed by atoms with Gasteiger partial charge in [0, 0.05) is 24.5 Å². The van der Waals surface area contributed by atoms with Crippen LogP contribution < -0.4 is 10.6 Å². The average molecular weight is 322 g/mol. The summed E-state index contributed by atoms with van der Waals surface area (Å²) in [6.07, 6.45) is 0.650. The van der Waals surface area contributed by atoms with E-state index in [1.165, 1.54) is 0 Å². The Morgan fingerprint density at radius 1 is 1.32 bits per heavy atom. The van der Waals surface area contributed by atoms with Gasteiger partial charge in [0.15, 0.2) is 11.8 Å². The van der Waals surface area contributed by atoms with Crippen molar-refractivity contribution in [3.63, 3.8) is 0 Å². The molecule has 118 valence electrons. The lowest BCUT2D eigenvalue weighted by atomic mass is 10.2. The Bertz CT molecular complexity index is 626. The molecule has 0 atom stereocenters. The smallest absolute Gasteiger partial charge is 0.228 e. The van der Waals surface area contributed by atoms with E-state index >= 15 is 0 Å². The van der Waals surface area contributed by atoms with Gasteiger partial charge in [0.1, 0.15) is 0 Å². The molecule has 2 N–H and O–H groups in total. The zero-order valence-electron chi connectivity index (χ0n) is 12.8. The number of hydrogen-bond donors (Lipinski definition) is 2. The molecule has 2 aromatic rings. The number of aliphatic imine (C=N–C) groups is 1. The summed E-state index contributed by atoms with van der Waals surface area (Å²) < 4.78 is 5.07. The predicted octanol–water partition coefficient (Wildman–Crippen LogP) is 2.33. The molecule has 2 rings (SSSR count). The number of rotatable bonds is 6. The van der Waals surface area contributed by atoms with E-state index < -0.39 is 0 Å². The van der Waals surface area contributed by atoms with E-state index in [2.05, 4.69) is 25.8 Å². The topological polar surface area (TPSA) is 75.3 Å². The maximum atomic E-state index is 6.13. The number of guanidine groups is 1. The van der Waals surface area contributed by atoms with Gasteiger partial charge in [-0.15, -0.1) is 0 Å². The highest BCUT2D eigenvalue weighted by molar-refractivity contribution is 6.31. The second kappa shape index (κ2) is 8.38. The Balaban J connectivity index is 1.88. The van der Waals surface area contributed by atoms with Gasteiger partial charge in [0.05, 0.1) is 6.54 Å². The predicted molar refractivity (Wildman–Crippen MR) is 87.0 cm³/mol. The monoisotopic (exact) mass is 321 g/mol. The summed E-state index contributed by atoms with van der Waals surface area (Å²) in [5.41, 5.74) is 0.994. The van der Waals surface area contributed by atoms with Gasteiger partial charge >= 0.3 is 0 Å². The molecule has 0 aliphatic rings. The summed E-state index contributed by atoms with van der Waals surface area (Å²) in [7, 11) is 0. The minimum absolute atomic E-state index is 0.522. The number of nitrogens with one attached hydrogen (secondary N) is 2. The van der Waals surface area contributed by atoms with Crippen molar-refractivity contribution in [1.29, 1.82) is 0 Å². The molecule has 22 heavy (non-hydrogen) atoms. The first-order valence-corrected chi connectivity index (χ1v) is 7.61. The highest BCUT2D eigenvalue weighted by atomic mass is 35.5. The first-order valence-electron chi connectivity index (χ1n) is 7.24. The van der Waals surface area contributed by atoms with Crippen molar-refractivity contribution in [2.45, 2.75) is 26.8 Å². The third-order valence-corrected chi connectivity index (χ3v) is 3.28. The van der Waals surface area contributed by atoms with Crippen LogP contribution in [0.5, 0.6) is 0 Å². The van der Waals surface area contributed by atoms with Gasteiger partial charge in [-0.3, -0.25) is 0 Å². The second-order valence-corrected chi connectivity index (χ2v) is 5.11. The Morgan fingerprint density at radius 3 is 2.82 bits per heavy atom. The molecule has 1 aromatic carbocycles. The van der Waals surface area contributed by atoms with Crippen LogP contribution in [0.25, 0.3) is 0 Å². The van der Waals surface area contributed by atoms with Gasteiger partial charge in [0.25, 0.3) is 0 Å². The molecule has 0 saturated heterocycles. The quantitative estimate of drug-likeness (QED) is 0.631. The van der Waals surface area contributed by atoms with Crippen molar-refractivity contribution in [3.05, 3.63) is 46.6 Å². The fourth-order valence-corrected chi connectivity index (χ4v) is 2.06. The lowest BCUT2D eigenvalue weighted by Crippen LogP contribution is -2.38. The summed E-state index contributed by atoms with van der Waals surface area (Å²) in [6.45, 7) is 5.79. The second-order valence-electron chi connectivity index (χ2n) is 4.70. The van der Waals surface area contributed by atoms with E-state index in [1.807, 2.05) is 31.2 Å². The lowest BCUT2D eigenvalue weighted by molar-refractivity contribution is 0.374. The van der Waals surface area contributed by atoms with Crippen LogP contribution in [0, 0.1) is 6.92 Å². The number of hydrogen-bond acceptors (Lipinski definition) is 4. The summed E-state index contributed by atoms with van der Waals surface area (Å²) in [4.78, 5) is 8.69. The SMILES string of the molecule is CCNC(=NCc1ccccc1Cl)NCCc1nc(C)no1. The molecule has 0 saturated carbocycles. The lowest BCUT2D eigenvalue weighted by Gasteiger charge is -2.10. The normalized spacial score (nSPS) is 11.5. The Hall–Kier alpha value is -2.08. The van der Waals surface area contributed by atoms with Gasteiger partial charge in [-0.1, -0.05) is 35.0 Å². The number of aryl methyl sites for hydroxylation is 1. The molecule has 0 aliphatic carbocycles. The number of benzene rings is 1. The van der Waals surface area contributed by atoms with Gasteiger partial charge in [-0.2, -0.15) is 4.98 Å². The molecule has 0 radical (unpaired) electrons. The number of nitrogens with zero attached hydrogens (tertiary/aromatic N) is 3. The molecule has 0 amide bonds. The van der Waals surface area contributed by atoms with Crippen LogP contribution in [0.3, 0.4) is 0 Å². The number of halogens is 1. The summed E-state index contributed by atoms with van der Waals surface area (Å²) in [6, 6.07) is 7.70. The molecule has 0 spiro atoms. The van der Waals surface area contributed by atoms with Gasteiger partial charge < -0.3 is 15.2 Å². The maximum Gasteiger partial charge on any atom is 0.228 e. The largest absolute Gasteiger partial charge is 0.357 e. The Labute approximate surface area is 135 Å². The zero-order chi connectivity index (χ0) is 15.8. The summed E-state index contributed by atoms with van der Waals surface area (Å²) in [5, 5.41) is 10.9. The zero-order valence-corrected chi connectivity index (χ0v) is 13.5. The summed E-state index contributed by atoms with van der Waals surface area (Å²) in [5.74, 6) is 2.00. The molecule has 0 bridgehead atoms. The standard InChI is InChI=1S/C15H20ClN5O/c1-3-17-15(18-9-8-14-20-11(2)21-22-14)19-10-12-6-4-5-7-13(12)16/h4-7H,3,8-10H2,1-2H3,(H2,17,18,19). The molecule has 0 aliphatic heterocycles. The van der Waals surface area contributed by atoms with E-state index in [9.17, 15) is 0 Å². The molecule has 7 heteroatoms. The average Bonchev–Trinajstić information content (AvgIpc) is 2.92. The first-order chi connectivity index (χ1) is 10.7. The highest BCUT2D eigenvalue weighted by Crippen LogP contribution is 2.15. The van der Waals surface area contributed by atoms with E-state index in [0.717, 1.165) is 23.1 Å². The van der Waals surface area contributed by atoms with Gasteiger partial charge in [-0.05, 0) is 25.5 Å². The summed E-state index contributed by atoms with van der Waals surface area (Å²) >= 11 is 6.13. The fourth-order valence-electron chi connectivity index (χ4n) is 1.86. The molecular formula is C15H20ClN5O. The van der Waals surface area contributed by atoms with E-state index in [-0.39, 0.29) is 0 Å². The van der Waals surface area contributed by atoms with E-state index in [4.69, 9.17) is 16.1 Å². The van der Waals surface area contributed by atoms with Crippen LogP contribution in [0.4, 0.5) is 0 Å². The van der Waals surface area contributed by atoms with Crippen molar-refractivity contribution >= 4 is 17.6 Å². The first kappa shape index (κ1) is 16.3. The van der Waals surface area contributed by atoms with Gasteiger partial charge in [0.2, 0.25) is 5.89 Å². The maximum absolute atomic E-state index is 6.13. The van der Waals surface area contributed by atoms with Crippen molar-refractivity contribution in [3.8, 4) is 0 Å². The fraction of sp³-hybridized carbons (Fsp3) is 0.400. The number of aromatic nitrogens is 2. The van der Waals surface area contributed by atoms with Crippen LogP contribution in [-0.4, -0.2) is 29.2 Å². The van der Waals surface area contributed by atoms with Crippen LogP contribution in [-0.2, 0) is 13.0 Å². The molecule has 1 heterocycles. The molecular weight excluding hydrogens is 302 g/mol. The Kier molecular flexibility index (Phi) is 6.21. The van der Waals surface area contributed by atoms with Crippen molar-refractivity contribution in [1.82, 2.24) is 20.8 Å². The van der Waals surface area contributed by atoms with Gasteiger partial charge in [-0.25, -0.2) is 4.99 Å². The third kappa shape index (κ3) is 5.04. The minimum atomic E-state index is 0.522. The van der Waals surface area contributed by atoms with Crippen LogP contribution in [0.1, 0.15) is 24.2 Å². The van der Waals surface area contributed by atoms with Crippen LogP contribution in [0.2, 0.25) is 5.02 Å². The molecule has 0 unspecified atom stereocenters. The van der Waals surface area contributed by atoms with E-state index in [0.29, 0.717) is 31.2 Å². The molecule has 1 aromatic heterocycles. The molecule has 0 fully saturated rings. The van der Waals surface area contributed by atoms with Crippen LogP contribution in [0.15, 0.2) is 33.8 Å². The Morgan fingerprint density at radius 2 is 2.14 bits per heavy atom. The van der Waals surface area contributed by atoms with Crippen molar-refractivity contribution in [2.24, 2.45) is 4.99 Å². The third-order valence-electron chi connectivity index (χ3n) is 2.91.